The summed E-state index contributed by atoms with van der Waals surface area (Å²) in [4.78, 5) is 12.6. The van der Waals surface area contributed by atoms with Crippen molar-refractivity contribution in [3.8, 4) is 5.75 Å². The Labute approximate surface area is 141 Å². The van der Waals surface area contributed by atoms with E-state index in [1.165, 1.54) is 24.3 Å². The summed E-state index contributed by atoms with van der Waals surface area (Å²) >= 11 is 0. The molecule has 0 aliphatic carbocycles. The summed E-state index contributed by atoms with van der Waals surface area (Å²) in [5.41, 5.74) is 0.477. The highest BCUT2D eigenvalue weighted by atomic mass is 32.2. The van der Waals surface area contributed by atoms with Crippen molar-refractivity contribution in [1.29, 1.82) is 0 Å². The summed E-state index contributed by atoms with van der Waals surface area (Å²) in [6.07, 6.45) is -0.186. The van der Waals surface area contributed by atoms with Gasteiger partial charge in [-0.3, -0.25) is 9.00 Å². The lowest BCUT2D eigenvalue weighted by molar-refractivity contribution is -0.153. The first kappa shape index (κ1) is 17.5. The molecule has 2 aliphatic heterocycles. The number of hydrogen-bond donors (Lipinski definition) is 0. The monoisotopic (exact) mass is 360 g/mol. The minimum absolute atomic E-state index is 0.00836. The summed E-state index contributed by atoms with van der Waals surface area (Å²) < 4.78 is 53.2. The van der Waals surface area contributed by atoms with E-state index < -0.39 is 23.6 Å². The molecule has 0 aromatic heterocycles. The molecule has 132 valence electrons. The maximum Gasteiger partial charge on any atom is 0.422 e. The van der Waals surface area contributed by atoms with Crippen molar-refractivity contribution in [2.75, 3.05) is 6.61 Å². The smallest absolute Gasteiger partial charge is 0.422 e. The van der Waals surface area contributed by atoms with E-state index in [1.807, 2.05) is 0 Å². The van der Waals surface area contributed by atoms with Crippen LogP contribution in [0.15, 0.2) is 24.3 Å². The Balaban J connectivity index is 1.64. The third-order valence-electron chi connectivity index (χ3n) is 4.72. The van der Waals surface area contributed by atoms with Gasteiger partial charge in [-0.25, -0.2) is 0 Å². The maximum absolute atomic E-state index is 12.6. The molecule has 2 unspecified atom stereocenters. The fourth-order valence-electron chi connectivity index (χ4n) is 3.56. The standard InChI is InChI=1S/C17H19F3O3S/c18-17(19,20)10-23-13-6-4-11(5-7-13)16(21)12-8-14-2-1-3-15(9-12)24(14)22/h4-7,12,14-15H,1-3,8-10H2. The molecule has 2 aliphatic rings. The Kier molecular flexibility index (Phi) is 4.99. The number of Topliss-reactive ketones (excluding diaryl/α,β-unsaturated/α-hetero) is 1. The molecule has 0 radical (unpaired) electrons. The van der Waals surface area contributed by atoms with Crippen LogP contribution in [-0.2, 0) is 10.8 Å². The normalized spacial score (nSPS) is 30.0. The summed E-state index contributed by atoms with van der Waals surface area (Å²) in [6, 6.07) is 5.80. The number of halogens is 3. The van der Waals surface area contributed by atoms with Crippen LogP contribution in [0.25, 0.3) is 0 Å². The van der Waals surface area contributed by atoms with Crippen molar-refractivity contribution in [3.63, 3.8) is 0 Å². The molecule has 2 bridgehead atoms. The number of ether oxygens (including phenoxy) is 1. The second-order valence-corrected chi connectivity index (χ2v) is 8.45. The van der Waals surface area contributed by atoms with Gasteiger partial charge in [0.15, 0.2) is 12.4 Å². The molecular weight excluding hydrogens is 341 g/mol. The van der Waals surface area contributed by atoms with E-state index in [0.29, 0.717) is 18.4 Å². The third-order valence-corrected chi connectivity index (χ3v) is 6.89. The van der Waals surface area contributed by atoms with Crippen LogP contribution in [0.2, 0.25) is 0 Å². The SMILES string of the molecule is O=C(c1ccc(OCC(F)(F)F)cc1)C1CC2CCCC(C1)S2=O. The summed E-state index contributed by atoms with van der Waals surface area (Å²) in [6.45, 7) is -1.35. The lowest BCUT2D eigenvalue weighted by Gasteiger charge is -2.37. The van der Waals surface area contributed by atoms with Crippen LogP contribution in [0.3, 0.4) is 0 Å². The van der Waals surface area contributed by atoms with Crippen molar-refractivity contribution in [3.05, 3.63) is 29.8 Å². The van der Waals surface area contributed by atoms with E-state index in [4.69, 9.17) is 0 Å². The van der Waals surface area contributed by atoms with Crippen LogP contribution >= 0.6 is 0 Å². The second-order valence-electron chi connectivity index (χ2n) is 6.46. The average Bonchev–Trinajstić information content (AvgIpc) is 2.52. The molecular formula is C17H19F3O3S. The van der Waals surface area contributed by atoms with Gasteiger partial charge in [0.2, 0.25) is 0 Å². The zero-order valence-corrected chi connectivity index (χ0v) is 13.9. The quantitative estimate of drug-likeness (QED) is 0.765. The van der Waals surface area contributed by atoms with Gasteiger partial charge in [-0.1, -0.05) is 6.42 Å². The number of ketones is 1. The van der Waals surface area contributed by atoms with E-state index in [9.17, 15) is 22.2 Å². The minimum atomic E-state index is -4.38. The number of carbonyl (C=O) groups is 1. The predicted molar refractivity (Wildman–Crippen MR) is 84.6 cm³/mol. The fraction of sp³-hybridized carbons (Fsp3) is 0.588. The zero-order chi connectivity index (χ0) is 17.3. The average molecular weight is 360 g/mol. The van der Waals surface area contributed by atoms with E-state index in [1.54, 1.807) is 0 Å². The number of rotatable bonds is 4. The van der Waals surface area contributed by atoms with E-state index in [0.717, 1.165) is 19.3 Å². The van der Waals surface area contributed by atoms with Crippen LogP contribution in [0, 0.1) is 5.92 Å². The van der Waals surface area contributed by atoms with Crippen LogP contribution in [-0.4, -0.2) is 33.3 Å². The lowest BCUT2D eigenvalue weighted by Crippen LogP contribution is -2.41. The number of alkyl halides is 3. The highest BCUT2D eigenvalue weighted by Crippen LogP contribution is 2.38. The first-order valence-electron chi connectivity index (χ1n) is 8.07. The molecule has 3 rings (SSSR count). The Hall–Kier alpha value is -1.37. The highest BCUT2D eigenvalue weighted by Gasteiger charge is 2.40. The van der Waals surface area contributed by atoms with Gasteiger partial charge in [-0.2, -0.15) is 13.2 Å². The predicted octanol–water partition coefficient (Wildman–Crippen LogP) is 3.89. The first-order chi connectivity index (χ1) is 11.3. The molecule has 2 heterocycles. The van der Waals surface area contributed by atoms with Gasteiger partial charge in [-0.15, -0.1) is 0 Å². The maximum atomic E-state index is 12.6. The zero-order valence-electron chi connectivity index (χ0n) is 13.1. The Morgan fingerprint density at radius 2 is 1.71 bits per heavy atom. The molecule has 2 atom stereocenters. The largest absolute Gasteiger partial charge is 0.484 e. The lowest BCUT2D eigenvalue weighted by atomic mass is 9.84. The van der Waals surface area contributed by atoms with Crippen molar-refractivity contribution in [1.82, 2.24) is 0 Å². The molecule has 7 heteroatoms. The molecule has 24 heavy (non-hydrogen) atoms. The molecule has 2 fully saturated rings. The van der Waals surface area contributed by atoms with E-state index in [2.05, 4.69) is 4.74 Å². The van der Waals surface area contributed by atoms with Gasteiger partial charge in [0.25, 0.3) is 0 Å². The van der Waals surface area contributed by atoms with E-state index in [-0.39, 0.29) is 28.0 Å². The number of hydrogen-bond acceptors (Lipinski definition) is 3. The fourth-order valence-corrected chi connectivity index (χ4v) is 5.75. The third kappa shape index (κ3) is 3.99. The van der Waals surface area contributed by atoms with Crippen molar-refractivity contribution < 1.29 is 26.9 Å². The molecule has 1 aromatic carbocycles. The second kappa shape index (κ2) is 6.86. The van der Waals surface area contributed by atoms with Crippen molar-refractivity contribution in [2.24, 2.45) is 5.92 Å². The van der Waals surface area contributed by atoms with Gasteiger partial charge in [-0.05, 0) is 49.9 Å². The minimum Gasteiger partial charge on any atom is -0.484 e. The summed E-state index contributed by atoms with van der Waals surface area (Å²) in [5.74, 6) is -0.0589. The van der Waals surface area contributed by atoms with Crippen molar-refractivity contribution in [2.45, 2.75) is 48.8 Å². The van der Waals surface area contributed by atoms with Gasteiger partial charge in [0.05, 0.1) is 0 Å². The molecule has 1 aromatic rings. The van der Waals surface area contributed by atoms with Gasteiger partial charge < -0.3 is 4.74 Å². The molecule has 0 amide bonds. The number of carbonyl (C=O) groups excluding carboxylic acids is 1. The van der Waals surface area contributed by atoms with Crippen LogP contribution in [0.4, 0.5) is 13.2 Å². The molecule has 3 nitrogen and oxygen atoms in total. The van der Waals surface area contributed by atoms with Crippen LogP contribution < -0.4 is 4.74 Å². The molecule has 0 N–H and O–H groups in total. The van der Waals surface area contributed by atoms with Gasteiger partial charge in [0, 0.05) is 32.8 Å². The molecule has 0 saturated carbocycles. The van der Waals surface area contributed by atoms with Crippen molar-refractivity contribution >= 4 is 16.6 Å². The number of fused-ring (bicyclic) bond motifs is 2. The van der Waals surface area contributed by atoms with Crippen LogP contribution in [0.1, 0.15) is 42.5 Å². The van der Waals surface area contributed by atoms with E-state index >= 15 is 0 Å². The number of benzene rings is 1. The Morgan fingerprint density at radius 1 is 1.12 bits per heavy atom. The summed E-state index contributed by atoms with van der Waals surface area (Å²) in [5, 5.41) is 0.224. The molecule has 2 saturated heterocycles. The van der Waals surface area contributed by atoms with Crippen LogP contribution in [0.5, 0.6) is 5.75 Å². The topological polar surface area (TPSA) is 43.4 Å². The highest BCUT2D eigenvalue weighted by molar-refractivity contribution is 7.86. The van der Waals surface area contributed by atoms with Gasteiger partial charge in [0.1, 0.15) is 5.75 Å². The first-order valence-corrected chi connectivity index (χ1v) is 9.34. The summed E-state index contributed by atoms with van der Waals surface area (Å²) in [7, 11) is -0.823. The molecule has 0 spiro atoms. The Morgan fingerprint density at radius 3 is 2.25 bits per heavy atom. The van der Waals surface area contributed by atoms with Gasteiger partial charge >= 0.3 is 6.18 Å². The Bertz CT molecular complexity index is 611.